The monoisotopic (exact) mass is 391 g/mol. The highest BCUT2D eigenvalue weighted by Crippen LogP contribution is 2.38. The van der Waals surface area contributed by atoms with Gasteiger partial charge < -0.3 is 14.5 Å². The second kappa shape index (κ2) is 10.2. The molecular weight excluding hydrogens is 354 g/mol. The molecular formula is C22H37NO3Si. The van der Waals surface area contributed by atoms with Crippen molar-refractivity contribution in [3.8, 4) is 0 Å². The number of nitrogens with one attached hydrogen (secondary N) is 1. The van der Waals surface area contributed by atoms with Gasteiger partial charge in [-0.15, -0.1) is 0 Å². The SMILES string of the molecule is C/C=C/[C@@H](O[Si](C)(C)C(C)(C)C)[C@H](COC(C)=O)N[C@H](C)c1ccccc1. The van der Waals surface area contributed by atoms with E-state index in [0.717, 1.165) is 0 Å². The second-order valence-corrected chi connectivity index (χ2v) is 13.3. The Morgan fingerprint density at radius 2 is 1.81 bits per heavy atom. The van der Waals surface area contributed by atoms with Crippen LogP contribution in [0.4, 0.5) is 0 Å². The van der Waals surface area contributed by atoms with Gasteiger partial charge in [0, 0.05) is 13.0 Å². The molecule has 0 heterocycles. The zero-order valence-corrected chi connectivity index (χ0v) is 19.2. The van der Waals surface area contributed by atoms with Crippen molar-refractivity contribution in [2.75, 3.05) is 6.61 Å². The summed E-state index contributed by atoms with van der Waals surface area (Å²) < 4.78 is 12.0. The Labute approximate surface area is 166 Å². The van der Waals surface area contributed by atoms with E-state index in [1.165, 1.54) is 12.5 Å². The van der Waals surface area contributed by atoms with Crippen LogP contribution in [0.2, 0.25) is 18.1 Å². The van der Waals surface area contributed by atoms with Crippen LogP contribution in [0.3, 0.4) is 0 Å². The van der Waals surface area contributed by atoms with Crippen LogP contribution < -0.4 is 5.32 Å². The van der Waals surface area contributed by atoms with Crippen LogP contribution in [0.15, 0.2) is 42.5 Å². The average molecular weight is 392 g/mol. The van der Waals surface area contributed by atoms with Gasteiger partial charge in [0.2, 0.25) is 0 Å². The highest BCUT2D eigenvalue weighted by molar-refractivity contribution is 6.74. The summed E-state index contributed by atoms with van der Waals surface area (Å²) in [5.74, 6) is -0.277. The molecule has 1 rings (SSSR count). The number of hydrogen-bond donors (Lipinski definition) is 1. The number of benzene rings is 1. The van der Waals surface area contributed by atoms with Crippen molar-refractivity contribution in [1.82, 2.24) is 5.32 Å². The molecule has 4 nitrogen and oxygen atoms in total. The van der Waals surface area contributed by atoms with Crippen molar-refractivity contribution in [3.05, 3.63) is 48.0 Å². The van der Waals surface area contributed by atoms with Gasteiger partial charge in [-0.3, -0.25) is 4.79 Å². The molecule has 0 aliphatic carbocycles. The molecule has 0 fully saturated rings. The first-order valence-corrected chi connectivity index (χ1v) is 12.6. The smallest absolute Gasteiger partial charge is 0.302 e. The van der Waals surface area contributed by atoms with E-state index in [9.17, 15) is 4.79 Å². The summed E-state index contributed by atoms with van der Waals surface area (Å²) in [6, 6.07) is 10.3. The Kier molecular flexibility index (Phi) is 8.92. The topological polar surface area (TPSA) is 47.6 Å². The Morgan fingerprint density at radius 1 is 1.22 bits per heavy atom. The largest absolute Gasteiger partial charge is 0.464 e. The average Bonchev–Trinajstić information content (AvgIpc) is 2.57. The molecule has 5 heteroatoms. The van der Waals surface area contributed by atoms with E-state index in [2.05, 4.69) is 64.3 Å². The van der Waals surface area contributed by atoms with Gasteiger partial charge in [-0.2, -0.15) is 0 Å². The fourth-order valence-electron chi connectivity index (χ4n) is 2.57. The third-order valence-corrected chi connectivity index (χ3v) is 9.72. The first kappa shape index (κ1) is 23.6. The van der Waals surface area contributed by atoms with Crippen molar-refractivity contribution >= 4 is 14.3 Å². The molecule has 0 spiro atoms. The van der Waals surface area contributed by atoms with Crippen molar-refractivity contribution in [3.63, 3.8) is 0 Å². The molecule has 0 aliphatic heterocycles. The third kappa shape index (κ3) is 7.60. The lowest BCUT2D eigenvalue weighted by atomic mass is 10.1. The van der Waals surface area contributed by atoms with Crippen LogP contribution in [-0.4, -0.2) is 33.0 Å². The van der Waals surface area contributed by atoms with Gasteiger partial charge >= 0.3 is 5.97 Å². The van der Waals surface area contributed by atoms with Crippen LogP contribution in [0.1, 0.15) is 53.1 Å². The molecule has 0 saturated carbocycles. The van der Waals surface area contributed by atoms with Gasteiger partial charge in [0.05, 0.1) is 12.1 Å². The van der Waals surface area contributed by atoms with E-state index in [1.54, 1.807) is 0 Å². The van der Waals surface area contributed by atoms with Gasteiger partial charge in [-0.1, -0.05) is 63.3 Å². The summed E-state index contributed by atoms with van der Waals surface area (Å²) in [6.45, 7) is 17.0. The molecule has 0 bridgehead atoms. The van der Waals surface area contributed by atoms with Gasteiger partial charge in [0.25, 0.3) is 0 Å². The molecule has 0 amide bonds. The number of hydrogen-bond acceptors (Lipinski definition) is 4. The molecule has 1 N–H and O–H groups in total. The highest BCUT2D eigenvalue weighted by atomic mass is 28.4. The van der Waals surface area contributed by atoms with Crippen molar-refractivity contribution in [2.45, 2.75) is 77.9 Å². The Hall–Kier alpha value is -1.43. The quantitative estimate of drug-likeness (QED) is 0.355. The van der Waals surface area contributed by atoms with E-state index in [1.807, 2.05) is 31.2 Å². The summed E-state index contributed by atoms with van der Waals surface area (Å²) in [6.07, 6.45) is 3.91. The molecule has 152 valence electrons. The summed E-state index contributed by atoms with van der Waals surface area (Å²) in [7, 11) is -1.99. The minimum atomic E-state index is -1.99. The molecule has 0 aliphatic rings. The van der Waals surface area contributed by atoms with Gasteiger partial charge in [0.1, 0.15) is 6.61 Å². The molecule has 27 heavy (non-hydrogen) atoms. The summed E-state index contributed by atoms with van der Waals surface area (Å²) in [5, 5.41) is 3.72. The first-order valence-electron chi connectivity index (χ1n) is 9.73. The van der Waals surface area contributed by atoms with Crippen molar-refractivity contribution in [1.29, 1.82) is 0 Å². The molecule has 3 atom stereocenters. The van der Waals surface area contributed by atoms with E-state index in [4.69, 9.17) is 9.16 Å². The number of rotatable bonds is 9. The van der Waals surface area contributed by atoms with Crippen molar-refractivity contribution in [2.24, 2.45) is 0 Å². The summed E-state index contributed by atoms with van der Waals surface area (Å²) in [4.78, 5) is 11.4. The second-order valence-electron chi connectivity index (χ2n) is 8.58. The maximum absolute atomic E-state index is 11.4. The van der Waals surface area contributed by atoms with Gasteiger partial charge in [-0.25, -0.2) is 0 Å². The van der Waals surface area contributed by atoms with Crippen LogP contribution in [0.25, 0.3) is 0 Å². The van der Waals surface area contributed by atoms with Crippen LogP contribution >= 0.6 is 0 Å². The Bertz CT molecular complexity index is 608. The summed E-state index contributed by atoms with van der Waals surface area (Å²) >= 11 is 0. The molecule has 0 aromatic heterocycles. The Morgan fingerprint density at radius 3 is 2.30 bits per heavy atom. The zero-order chi connectivity index (χ0) is 20.7. The minimum Gasteiger partial charge on any atom is -0.464 e. The molecule has 1 aromatic rings. The minimum absolute atomic E-state index is 0.101. The fraction of sp³-hybridized carbons (Fsp3) is 0.591. The first-order chi connectivity index (χ1) is 12.5. The lowest BCUT2D eigenvalue weighted by molar-refractivity contribution is -0.142. The third-order valence-electron chi connectivity index (χ3n) is 5.25. The maximum Gasteiger partial charge on any atom is 0.302 e. The highest BCUT2D eigenvalue weighted by Gasteiger charge is 2.40. The predicted molar refractivity (Wildman–Crippen MR) is 115 cm³/mol. The van der Waals surface area contributed by atoms with Gasteiger partial charge in [0.15, 0.2) is 8.32 Å². The maximum atomic E-state index is 11.4. The van der Waals surface area contributed by atoms with Crippen LogP contribution in [0.5, 0.6) is 0 Å². The van der Waals surface area contributed by atoms with Gasteiger partial charge in [-0.05, 0) is 37.5 Å². The number of carbonyl (C=O) groups is 1. The zero-order valence-electron chi connectivity index (χ0n) is 18.2. The van der Waals surface area contributed by atoms with E-state index in [0.29, 0.717) is 0 Å². The summed E-state index contributed by atoms with van der Waals surface area (Å²) in [5.41, 5.74) is 1.19. The Balaban J connectivity index is 3.06. The normalized spacial score (nSPS) is 16.1. The fourth-order valence-corrected chi connectivity index (χ4v) is 3.84. The number of carbonyl (C=O) groups excluding carboxylic acids is 1. The lowest BCUT2D eigenvalue weighted by Gasteiger charge is -2.41. The molecule has 0 saturated heterocycles. The molecule has 0 radical (unpaired) electrons. The molecule has 1 aromatic carbocycles. The number of esters is 1. The van der Waals surface area contributed by atoms with E-state index < -0.39 is 8.32 Å². The van der Waals surface area contributed by atoms with Crippen molar-refractivity contribution < 1.29 is 14.0 Å². The lowest BCUT2D eigenvalue weighted by Crippen LogP contribution is -2.52. The van der Waals surface area contributed by atoms with Crippen LogP contribution in [-0.2, 0) is 14.0 Å². The standard InChI is InChI=1S/C22H37NO3Si/c1-9-13-21(26-27(7,8)22(4,5)6)20(16-25-18(3)24)23-17(2)19-14-11-10-12-15-19/h9-15,17,20-21,23H,16H2,1-8H3/b13-9+/t17-,20+,21-/m1/s1. The number of ether oxygens (including phenoxy) is 1. The van der Waals surface area contributed by atoms with Crippen LogP contribution in [0, 0.1) is 0 Å². The predicted octanol–water partition coefficient (Wildman–Crippen LogP) is 5.24. The van der Waals surface area contributed by atoms with E-state index >= 15 is 0 Å². The number of allylic oxidation sites excluding steroid dienone is 1. The van der Waals surface area contributed by atoms with E-state index in [-0.39, 0.29) is 35.8 Å². The molecule has 0 unspecified atom stereocenters.